The molecule has 0 amide bonds. The van der Waals surface area contributed by atoms with Gasteiger partial charge in [0.25, 0.3) is 0 Å². The van der Waals surface area contributed by atoms with E-state index in [1.54, 1.807) is 18.3 Å². The highest BCUT2D eigenvalue weighted by Crippen LogP contribution is 2.66. The average molecular weight is 259 g/mol. The van der Waals surface area contributed by atoms with Crippen LogP contribution in [0.5, 0.6) is 0 Å². The fraction of sp³-hybridized carbons (Fsp3) is 0.625. The second-order valence-electron chi connectivity index (χ2n) is 6.72. The van der Waals surface area contributed by atoms with Gasteiger partial charge in [0, 0.05) is 11.6 Å². The van der Waals surface area contributed by atoms with Crippen LogP contribution in [0.2, 0.25) is 0 Å². The maximum atomic E-state index is 12.1. The number of pyridine rings is 1. The number of esters is 1. The Morgan fingerprint density at radius 2 is 2.16 bits per heavy atom. The molecular formula is C16H21NO2. The molecule has 2 saturated carbocycles. The molecule has 0 aliphatic heterocycles. The molecule has 1 aromatic heterocycles. The number of ether oxygens (including phenoxy) is 1. The van der Waals surface area contributed by atoms with Crippen molar-refractivity contribution in [1.29, 1.82) is 0 Å². The molecule has 1 heterocycles. The van der Waals surface area contributed by atoms with Gasteiger partial charge >= 0.3 is 5.97 Å². The molecular weight excluding hydrogens is 238 g/mol. The number of rotatable bonds is 2. The molecule has 2 aliphatic carbocycles. The van der Waals surface area contributed by atoms with Gasteiger partial charge in [-0.3, -0.25) is 0 Å². The van der Waals surface area contributed by atoms with Gasteiger partial charge in [0.1, 0.15) is 11.8 Å². The molecule has 0 spiro atoms. The Bertz CT molecular complexity index is 497. The van der Waals surface area contributed by atoms with Gasteiger partial charge in [-0.05, 0) is 42.7 Å². The fourth-order valence-electron chi connectivity index (χ4n) is 3.98. The van der Waals surface area contributed by atoms with Gasteiger partial charge in [0.2, 0.25) is 0 Å². The minimum Gasteiger partial charge on any atom is -0.457 e. The van der Waals surface area contributed by atoms with Crippen molar-refractivity contribution in [2.75, 3.05) is 0 Å². The molecule has 2 fully saturated rings. The van der Waals surface area contributed by atoms with Crippen molar-refractivity contribution in [2.24, 2.45) is 16.7 Å². The first-order valence-corrected chi connectivity index (χ1v) is 7.07. The van der Waals surface area contributed by atoms with Crippen molar-refractivity contribution in [3.05, 3.63) is 30.1 Å². The number of aromatic nitrogens is 1. The molecule has 3 rings (SSSR count). The van der Waals surface area contributed by atoms with Crippen LogP contribution in [-0.4, -0.2) is 17.1 Å². The van der Waals surface area contributed by atoms with Crippen LogP contribution < -0.4 is 0 Å². The maximum absolute atomic E-state index is 12.1. The molecule has 3 nitrogen and oxygen atoms in total. The van der Waals surface area contributed by atoms with Gasteiger partial charge in [-0.15, -0.1) is 0 Å². The van der Waals surface area contributed by atoms with Crippen molar-refractivity contribution < 1.29 is 9.53 Å². The van der Waals surface area contributed by atoms with Crippen LogP contribution >= 0.6 is 0 Å². The number of fused-ring (bicyclic) bond motifs is 2. The zero-order valence-corrected chi connectivity index (χ0v) is 11.8. The molecule has 3 heteroatoms. The monoisotopic (exact) mass is 259 g/mol. The summed E-state index contributed by atoms with van der Waals surface area (Å²) in [4.78, 5) is 16.2. The smallest absolute Gasteiger partial charge is 0.357 e. The van der Waals surface area contributed by atoms with Crippen molar-refractivity contribution in [2.45, 2.75) is 46.1 Å². The predicted molar refractivity (Wildman–Crippen MR) is 72.7 cm³/mol. The van der Waals surface area contributed by atoms with Crippen LogP contribution in [0.3, 0.4) is 0 Å². The molecule has 0 radical (unpaired) electrons. The topological polar surface area (TPSA) is 39.2 Å². The third-order valence-corrected chi connectivity index (χ3v) is 5.84. The van der Waals surface area contributed by atoms with E-state index in [0.717, 1.165) is 12.8 Å². The highest BCUT2D eigenvalue weighted by Gasteiger charge is 2.62. The molecule has 1 aromatic rings. The van der Waals surface area contributed by atoms with E-state index in [9.17, 15) is 4.79 Å². The Morgan fingerprint density at radius 3 is 2.68 bits per heavy atom. The second kappa shape index (κ2) is 4.06. The van der Waals surface area contributed by atoms with E-state index in [0.29, 0.717) is 11.6 Å². The van der Waals surface area contributed by atoms with E-state index in [2.05, 4.69) is 25.8 Å². The summed E-state index contributed by atoms with van der Waals surface area (Å²) in [6.45, 7) is 6.91. The standard InChI is InChI=1S/C16H21NO2/c1-15(2)11-7-8-16(15,3)13(10-11)19-14(18)12-6-4-5-9-17-12/h4-6,9,11,13H,7-8,10H2,1-3H3/t11?,13?,16-/m1/s1. The van der Waals surface area contributed by atoms with Crippen LogP contribution in [0.1, 0.15) is 50.5 Å². The fourth-order valence-corrected chi connectivity index (χ4v) is 3.98. The first-order chi connectivity index (χ1) is 8.95. The first kappa shape index (κ1) is 12.6. The largest absolute Gasteiger partial charge is 0.457 e. The van der Waals surface area contributed by atoms with Gasteiger partial charge in [-0.1, -0.05) is 26.8 Å². The Labute approximate surface area is 114 Å². The van der Waals surface area contributed by atoms with Gasteiger partial charge in [-0.25, -0.2) is 9.78 Å². The van der Waals surface area contributed by atoms with Gasteiger partial charge in [-0.2, -0.15) is 0 Å². The van der Waals surface area contributed by atoms with Crippen LogP contribution in [0.15, 0.2) is 24.4 Å². The lowest BCUT2D eigenvalue weighted by Crippen LogP contribution is -2.38. The molecule has 3 atom stereocenters. The zero-order chi connectivity index (χ0) is 13.7. The molecule has 2 unspecified atom stereocenters. The van der Waals surface area contributed by atoms with Crippen LogP contribution in [0.25, 0.3) is 0 Å². The predicted octanol–water partition coefficient (Wildman–Crippen LogP) is 3.45. The normalized spacial score (nSPS) is 35.3. The molecule has 102 valence electrons. The van der Waals surface area contributed by atoms with E-state index in [1.807, 2.05) is 6.07 Å². The van der Waals surface area contributed by atoms with Crippen molar-refractivity contribution >= 4 is 5.97 Å². The molecule has 2 bridgehead atoms. The summed E-state index contributed by atoms with van der Waals surface area (Å²) in [7, 11) is 0. The van der Waals surface area contributed by atoms with E-state index in [4.69, 9.17) is 4.74 Å². The lowest BCUT2D eigenvalue weighted by molar-refractivity contribution is -0.0247. The Balaban J connectivity index is 1.78. The molecule has 0 aromatic carbocycles. The highest BCUT2D eigenvalue weighted by molar-refractivity contribution is 5.87. The summed E-state index contributed by atoms with van der Waals surface area (Å²) in [5.41, 5.74) is 0.788. The van der Waals surface area contributed by atoms with Gasteiger partial charge in [0.15, 0.2) is 0 Å². The van der Waals surface area contributed by atoms with E-state index in [1.165, 1.54) is 6.42 Å². The Morgan fingerprint density at radius 1 is 1.37 bits per heavy atom. The first-order valence-electron chi connectivity index (χ1n) is 7.07. The summed E-state index contributed by atoms with van der Waals surface area (Å²) in [6.07, 6.45) is 5.09. The zero-order valence-electron chi connectivity index (χ0n) is 11.8. The molecule has 2 aliphatic rings. The lowest BCUT2D eigenvalue weighted by Gasteiger charge is -2.38. The summed E-state index contributed by atoms with van der Waals surface area (Å²) >= 11 is 0. The SMILES string of the molecule is CC1(C)C2CC[C@]1(C)C(OC(=O)c1ccccn1)C2. The van der Waals surface area contributed by atoms with Crippen molar-refractivity contribution in [3.8, 4) is 0 Å². The summed E-state index contributed by atoms with van der Waals surface area (Å²) < 4.78 is 5.77. The third-order valence-electron chi connectivity index (χ3n) is 5.84. The highest BCUT2D eigenvalue weighted by atomic mass is 16.5. The lowest BCUT2D eigenvalue weighted by atomic mass is 9.70. The number of carbonyl (C=O) groups excluding carboxylic acids is 1. The molecule has 19 heavy (non-hydrogen) atoms. The van der Waals surface area contributed by atoms with Crippen molar-refractivity contribution in [3.63, 3.8) is 0 Å². The summed E-state index contributed by atoms with van der Waals surface area (Å²) in [6, 6.07) is 5.33. The Kier molecular flexibility index (Phi) is 2.70. The van der Waals surface area contributed by atoms with Crippen LogP contribution in [0, 0.1) is 16.7 Å². The number of hydrogen-bond acceptors (Lipinski definition) is 3. The number of carbonyl (C=O) groups is 1. The summed E-state index contributed by atoms with van der Waals surface area (Å²) in [5.74, 6) is 0.397. The third kappa shape index (κ3) is 1.71. The number of hydrogen-bond donors (Lipinski definition) is 0. The van der Waals surface area contributed by atoms with E-state index in [-0.39, 0.29) is 22.9 Å². The van der Waals surface area contributed by atoms with Gasteiger partial charge < -0.3 is 4.74 Å². The van der Waals surface area contributed by atoms with Crippen LogP contribution in [-0.2, 0) is 4.74 Å². The van der Waals surface area contributed by atoms with E-state index < -0.39 is 0 Å². The Hall–Kier alpha value is -1.38. The maximum Gasteiger partial charge on any atom is 0.357 e. The number of nitrogens with zero attached hydrogens (tertiary/aromatic N) is 1. The van der Waals surface area contributed by atoms with Gasteiger partial charge in [0.05, 0.1) is 0 Å². The van der Waals surface area contributed by atoms with Crippen LogP contribution in [0.4, 0.5) is 0 Å². The van der Waals surface area contributed by atoms with Crippen molar-refractivity contribution in [1.82, 2.24) is 4.98 Å². The minimum atomic E-state index is -0.282. The summed E-state index contributed by atoms with van der Waals surface area (Å²) in [5, 5.41) is 0. The molecule has 0 N–H and O–H groups in total. The quantitative estimate of drug-likeness (QED) is 0.764. The van der Waals surface area contributed by atoms with E-state index >= 15 is 0 Å². The molecule has 0 saturated heterocycles. The average Bonchev–Trinajstić information content (AvgIpc) is 2.73. The second-order valence-corrected chi connectivity index (χ2v) is 6.72. The minimum absolute atomic E-state index is 0.0377.